The maximum absolute atomic E-state index is 12.7. The molecule has 0 aliphatic carbocycles. The molecule has 3 aromatic carbocycles. The van der Waals surface area contributed by atoms with Crippen molar-refractivity contribution in [2.75, 3.05) is 5.32 Å². The summed E-state index contributed by atoms with van der Waals surface area (Å²) in [4.78, 5) is 39.8. The number of urea groups is 1. The number of para-hydroxylation sites is 1. The van der Waals surface area contributed by atoms with Crippen molar-refractivity contribution in [2.45, 2.75) is 4.90 Å². The van der Waals surface area contributed by atoms with Crippen molar-refractivity contribution in [2.24, 2.45) is 0 Å². The molecule has 0 bridgehead atoms. The lowest BCUT2D eigenvalue weighted by atomic mass is 10.2. The van der Waals surface area contributed by atoms with Gasteiger partial charge < -0.3 is 10.3 Å². The third kappa shape index (κ3) is 4.09. The van der Waals surface area contributed by atoms with Crippen molar-refractivity contribution in [3.63, 3.8) is 0 Å². The number of benzene rings is 3. The Hall–Kier alpha value is -4.18. The average molecular weight is 436 g/mol. The Kier molecular flexibility index (Phi) is 5.14. The highest BCUT2D eigenvalue weighted by Gasteiger charge is 2.17. The van der Waals surface area contributed by atoms with Crippen molar-refractivity contribution >= 4 is 32.6 Å². The van der Waals surface area contributed by atoms with E-state index in [1.165, 1.54) is 36.4 Å². The Morgan fingerprint density at radius 2 is 1.48 bits per heavy atom. The summed E-state index contributed by atoms with van der Waals surface area (Å²) in [6.45, 7) is 0. The van der Waals surface area contributed by atoms with E-state index in [0.717, 1.165) is 4.57 Å². The van der Waals surface area contributed by atoms with Crippen LogP contribution >= 0.6 is 0 Å². The number of carbonyl (C=O) groups is 1. The summed E-state index contributed by atoms with van der Waals surface area (Å²) >= 11 is 0. The molecule has 0 radical (unpaired) electrons. The van der Waals surface area contributed by atoms with Crippen LogP contribution in [0.2, 0.25) is 0 Å². The topological polar surface area (TPSA) is 130 Å². The molecule has 0 atom stereocenters. The van der Waals surface area contributed by atoms with Crippen LogP contribution in [0.25, 0.3) is 16.6 Å². The molecule has 0 saturated carbocycles. The zero-order valence-corrected chi connectivity index (χ0v) is 16.7. The Morgan fingerprint density at radius 1 is 0.839 bits per heavy atom. The van der Waals surface area contributed by atoms with Crippen molar-refractivity contribution in [1.82, 2.24) is 14.3 Å². The van der Waals surface area contributed by atoms with Crippen molar-refractivity contribution in [3.05, 3.63) is 99.7 Å². The number of sulfonamides is 1. The van der Waals surface area contributed by atoms with Gasteiger partial charge in [-0.05, 0) is 48.5 Å². The van der Waals surface area contributed by atoms with Crippen LogP contribution in [0.3, 0.4) is 0 Å². The average Bonchev–Trinajstić information content (AvgIpc) is 2.75. The number of rotatable bonds is 4. The van der Waals surface area contributed by atoms with Crippen molar-refractivity contribution in [3.8, 4) is 5.69 Å². The molecule has 0 unspecified atom stereocenters. The van der Waals surface area contributed by atoms with Crippen LogP contribution in [-0.4, -0.2) is 24.0 Å². The standard InChI is InChI=1S/C21H16N4O5S/c26-19-17-8-4-5-9-18(17)23-21(28)25(19)15-12-10-14(11-13-15)22-20(27)24-31(29,30)16-6-2-1-3-7-16/h1-13H,(H,23,28)(H2,22,24,27). The largest absolute Gasteiger partial charge is 0.333 e. The number of H-pyrrole nitrogens is 1. The van der Waals surface area contributed by atoms with E-state index in [2.05, 4.69) is 10.3 Å². The van der Waals surface area contributed by atoms with Crippen LogP contribution < -0.4 is 21.3 Å². The molecule has 0 fully saturated rings. The van der Waals surface area contributed by atoms with Gasteiger partial charge in [0, 0.05) is 5.69 Å². The van der Waals surface area contributed by atoms with Crippen molar-refractivity contribution in [1.29, 1.82) is 0 Å². The lowest BCUT2D eigenvalue weighted by Crippen LogP contribution is -2.34. The Labute approximate surface area is 176 Å². The monoisotopic (exact) mass is 436 g/mol. The highest BCUT2D eigenvalue weighted by molar-refractivity contribution is 7.90. The predicted octanol–water partition coefficient (Wildman–Crippen LogP) is 2.19. The van der Waals surface area contributed by atoms with E-state index in [-0.39, 0.29) is 10.6 Å². The van der Waals surface area contributed by atoms with E-state index in [1.807, 2.05) is 4.72 Å². The molecular weight excluding hydrogens is 420 g/mol. The first-order valence-corrected chi connectivity index (χ1v) is 10.6. The maximum atomic E-state index is 12.7. The first-order chi connectivity index (χ1) is 14.8. The number of anilines is 1. The van der Waals surface area contributed by atoms with Crippen LogP contribution in [0.4, 0.5) is 10.5 Å². The second kappa shape index (κ2) is 7.92. The van der Waals surface area contributed by atoms with Crippen LogP contribution in [0.15, 0.2) is 93.3 Å². The third-order valence-electron chi connectivity index (χ3n) is 4.47. The Bertz CT molecular complexity index is 1490. The number of aromatic nitrogens is 2. The quantitative estimate of drug-likeness (QED) is 0.451. The number of aromatic amines is 1. The molecule has 0 saturated heterocycles. The molecule has 156 valence electrons. The van der Waals surface area contributed by atoms with Crippen LogP contribution in [0, 0.1) is 0 Å². The molecule has 4 aromatic rings. The van der Waals surface area contributed by atoms with E-state index >= 15 is 0 Å². The van der Waals surface area contributed by atoms with Crippen LogP contribution in [0.1, 0.15) is 0 Å². The van der Waals surface area contributed by atoms with Gasteiger partial charge in [-0.3, -0.25) is 4.79 Å². The normalized spacial score (nSPS) is 11.2. The highest BCUT2D eigenvalue weighted by Crippen LogP contribution is 2.13. The van der Waals surface area contributed by atoms with E-state index in [9.17, 15) is 22.8 Å². The number of hydrogen-bond donors (Lipinski definition) is 3. The van der Waals surface area contributed by atoms with Gasteiger partial charge in [0.05, 0.1) is 21.5 Å². The summed E-state index contributed by atoms with van der Waals surface area (Å²) in [5, 5.41) is 2.76. The second-order valence-electron chi connectivity index (χ2n) is 6.54. The highest BCUT2D eigenvalue weighted by atomic mass is 32.2. The first kappa shape index (κ1) is 20.1. The molecule has 4 rings (SSSR count). The second-order valence-corrected chi connectivity index (χ2v) is 8.22. The molecule has 2 amide bonds. The van der Waals surface area contributed by atoms with E-state index in [4.69, 9.17) is 0 Å². The number of carbonyl (C=O) groups excluding carboxylic acids is 1. The Morgan fingerprint density at radius 3 is 2.19 bits per heavy atom. The summed E-state index contributed by atoms with van der Waals surface area (Å²) in [6.07, 6.45) is 0. The van der Waals surface area contributed by atoms with E-state index in [1.54, 1.807) is 42.5 Å². The summed E-state index contributed by atoms with van der Waals surface area (Å²) in [5.41, 5.74) is -0.0826. The van der Waals surface area contributed by atoms with E-state index in [0.29, 0.717) is 16.6 Å². The van der Waals surface area contributed by atoms with Gasteiger partial charge in [-0.25, -0.2) is 27.3 Å². The minimum absolute atomic E-state index is 0.0459. The molecule has 10 heteroatoms. The fourth-order valence-corrected chi connectivity index (χ4v) is 3.96. The zero-order valence-electron chi connectivity index (χ0n) is 15.9. The van der Waals surface area contributed by atoms with Gasteiger partial charge in [0.15, 0.2) is 0 Å². The van der Waals surface area contributed by atoms with Gasteiger partial charge in [-0.15, -0.1) is 0 Å². The zero-order chi connectivity index (χ0) is 22.0. The summed E-state index contributed by atoms with van der Waals surface area (Å²) in [7, 11) is -4.02. The summed E-state index contributed by atoms with van der Waals surface area (Å²) < 4.78 is 27.3. The van der Waals surface area contributed by atoms with E-state index < -0.39 is 27.3 Å². The van der Waals surface area contributed by atoms with Gasteiger partial charge in [-0.1, -0.05) is 30.3 Å². The minimum Gasteiger partial charge on any atom is -0.307 e. The molecule has 0 aliphatic rings. The van der Waals surface area contributed by atoms with Crippen molar-refractivity contribution < 1.29 is 13.2 Å². The van der Waals surface area contributed by atoms with Gasteiger partial charge in [0.25, 0.3) is 15.6 Å². The smallest absolute Gasteiger partial charge is 0.307 e. The first-order valence-electron chi connectivity index (χ1n) is 9.08. The molecule has 0 spiro atoms. The molecular formula is C21H16N4O5S. The molecule has 1 aromatic heterocycles. The molecule has 31 heavy (non-hydrogen) atoms. The third-order valence-corrected chi connectivity index (χ3v) is 5.82. The number of nitrogens with one attached hydrogen (secondary N) is 3. The number of fused-ring (bicyclic) bond motifs is 1. The molecule has 0 aliphatic heterocycles. The fourth-order valence-electron chi connectivity index (χ4n) is 3.03. The molecule has 9 nitrogen and oxygen atoms in total. The lowest BCUT2D eigenvalue weighted by molar-refractivity contribution is 0.256. The van der Waals surface area contributed by atoms with Gasteiger partial charge in [0.2, 0.25) is 0 Å². The lowest BCUT2D eigenvalue weighted by Gasteiger charge is -2.10. The Balaban J connectivity index is 1.56. The van der Waals surface area contributed by atoms with Gasteiger partial charge in [0.1, 0.15) is 0 Å². The molecule has 3 N–H and O–H groups in total. The van der Waals surface area contributed by atoms with Crippen LogP contribution in [0.5, 0.6) is 0 Å². The predicted molar refractivity (Wildman–Crippen MR) is 116 cm³/mol. The fraction of sp³-hybridized carbons (Fsp3) is 0. The minimum atomic E-state index is -4.02. The summed E-state index contributed by atoms with van der Waals surface area (Å²) in [5.74, 6) is 0. The van der Waals surface area contributed by atoms with Gasteiger partial charge >= 0.3 is 11.7 Å². The number of hydrogen-bond acceptors (Lipinski definition) is 5. The summed E-state index contributed by atoms with van der Waals surface area (Å²) in [6, 6.07) is 19.0. The maximum Gasteiger partial charge on any atom is 0.333 e. The molecule has 1 heterocycles. The number of amides is 2. The van der Waals surface area contributed by atoms with Crippen LogP contribution in [-0.2, 0) is 10.0 Å². The van der Waals surface area contributed by atoms with Gasteiger partial charge in [-0.2, -0.15) is 0 Å². The SMILES string of the molecule is O=C(Nc1ccc(-n2c(=O)[nH]c3ccccc3c2=O)cc1)NS(=O)(=O)c1ccccc1. The number of nitrogens with zero attached hydrogens (tertiary/aromatic N) is 1.